The Morgan fingerprint density at radius 3 is 2.38 bits per heavy atom. The molecule has 0 saturated carbocycles. The van der Waals surface area contributed by atoms with Crippen LogP contribution in [0.5, 0.6) is 0 Å². The van der Waals surface area contributed by atoms with Crippen molar-refractivity contribution in [1.82, 2.24) is 10.2 Å². The summed E-state index contributed by atoms with van der Waals surface area (Å²) in [4.78, 5) is 2.32. The van der Waals surface area contributed by atoms with Crippen molar-refractivity contribution >= 4 is 0 Å². The number of likely N-dealkylation sites (N-methyl/N-ethyl adjacent to an activating group) is 1. The highest BCUT2D eigenvalue weighted by atomic mass is 16.5. The van der Waals surface area contributed by atoms with Crippen LogP contribution in [0.15, 0.2) is 0 Å². The number of rotatable bonds is 6. The number of nitrogens with zero attached hydrogens (tertiary/aromatic N) is 1. The minimum absolute atomic E-state index is 0.639. The van der Waals surface area contributed by atoms with E-state index in [1.165, 1.54) is 12.8 Å². The zero-order valence-electron chi connectivity index (χ0n) is 11.3. The lowest BCUT2D eigenvalue weighted by atomic mass is 9.99. The van der Waals surface area contributed by atoms with Crippen LogP contribution in [0, 0.1) is 11.8 Å². The van der Waals surface area contributed by atoms with Crippen molar-refractivity contribution in [2.45, 2.75) is 32.7 Å². The molecular weight excluding hydrogens is 200 g/mol. The van der Waals surface area contributed by atoms with Crippen LogP contribution >= 0.6 is 0 Å². The second-order valence-corrected chi connectivity index (χ2v) is 5.49. The summed E-state index contributed by atoms with van der Waals surface area (Å²) in [5.41, 5.74) is 0. The Balaban J connectivity index is 2.16. The van der Waals surface area contributed by atoms with Crippen LogP contribution < -0.4 is 5.32 Å². The molecule has 0 spiro atoms. The fraction of sp³-hybridized carbons (Fsp3) is 1.00. The van der Waals surface area contributed by atoms with E-state index in [-0.39, 0.29) is 0 Å². The second-order valence-electron chi connectivity index (χ2n) is 5.49. The molecule has 1 heterocycles. The summed E-state index contributed by atoms with van der Waals surface area (Å²) >= 11 is 0. The van der Waals surface area contributed by atoms with E-state index < -0.39 is 0 Å². The first-order chi connectivity index (χ1) is 7.61. The van der Waals surface area contributed by atoms with Crippen LogP contribution in [0.2, 0.25) is 0 Å². The van der Waals surface area contributed by atoms with Gasteiger partial charge in [-0.15, -0.1) is 0 Å². The molecule has 0 aromatic carbocycles. The van der Waals surface area contributed by atoms with Crippen molar-refractivity contribution in [3.05, 3.63) is 0 Å². The van der Waals surface area contributed by atoms with Crippen molar-refractivity contribution < 1.29 is 4.74 Å². The number of hydrogen-bond acceptors (Lipinski definition) is 3. The molecule has 0 bridgehead atoms. The van der Waals surface area contributed by atoms with Crippen molar-refractivity contribution in [3.8, 4) is 0 Å². The van der Waals surface area contributed by atoms with Gasteiger partial charge in [0.2, 0.25) is 0 Å². The maximum absolute atomic E-state index is 5.37. The molecule has 1 aliphatic heterocycles. The van der Waals surface area contributed by atoms with Gasteiger partial charge in [-0.1, -0.05) is 13.8 Å². The van der Waals surface area contributed by atoms with Gasteiger partial charge in [0.1, 0.15) is 0 Å². The summed E-state index contributed by atoms with van der Waals surface area (Å²) in [5, 5.41) is 3.62. The van der Waals surface area contributed by atoms with Gasteiger partial charge in [0.15, 0.2) is 0 Å². The van der Waals surface area contributed by atoms with Gasteiger partial charge in [-0.3, -0.25) is 0 Å². The molecular formula is C13H28N2O. The van der Waals surface area contributed by atoms with Gasteiger partial charge in [-0.05, 0) is 45.3 Å². The molecule has 3 heteroatoms. The molecule has 1 atom stereocenters. The average molecular weight is 228 g/mol. The van der Waals surface area contributed by atoms with E-state index >= 15 is 0 Å². The molecule has 1 N–H and O–H groups in total. The number of nitrogens with one attached hydrogen (secondary N) is 1. The van der Waals surface area contributed by atoms with Crippen LogP contribution in [0.3, 0.4) is 0 Å². The van der Waals surface area contributed by atoms with Crippen LogP contribution in [0.1, 0.15) is 26.7 Å². The van der Waals surface area contributed by atoms with Crippen LogP contribution in [0.4, 0.5) is 0 Å². The summed E-state index contributed by atoms with van der Waals surface area (Å²) < 4.78 is 5.37. The first-order valence-corrected chi connectivity index (χ1v) is 6.56. The highest BCUT2D eigenvalue weighted by Crippen LogP contribution is 2.13. The highest BCUT2D eigenvalue weighted by Gasteiger charge is 2.17. The molecule has 3 nitrogen and oxygen atoms in total. The molecule has 0 aliphatic carbocycles. The zero-order valence-corrected chi connectivity index (χ0v) is 11.3. The van der Waals surface area contributed by atoms with E-state index in [2.05, 4.69) is 38.2 Å². The zero-order chi connectivity index (χ0) is 12.0. The quantitative estimate of drug-likeness (QED) is 0.747. The molecule has 1 unspecified atom stereocenters. The monoisotopic (exact) mass is 228 g/mol. The molecule has 16 heavy (non-hydrogen) atoms. The smallest absolute Gasteiger partial charge is 0.0469 e. The largest absolute Gasteiger partial charge is 0.381 e. The molecule has 1 saturated heterocycles. The number of hydrogen-bond donors (Lipinski definition) is 1. The SMILES string of the molecule is CC(C)C(CNCC1CCOCC1)N(C)C. The third-order valence-corrected chi connectivity index (χ3v) is 3.56. The van der Waals surface area contributed by atoms with Gasteiger partial charge < -0.3 is 15.0 Å². The third kappa shape index (κ3) is 4.81. The van der Waals surface area contributed by atoms with E-state index in [1.54, 1.807) is 0 Å². The van der Waals surface area contributed by atoms with Gasteiger partial charge in [0.05, 0.1) is 0 Å². The predicted octanol–water partition coefficient (Wildman–Crippen LogP) is 1.59. The van der Waals surface area contributed by atoms with Crippen LogP contribution in [-0.4, -0.2) is 51.3 Å². The van der Waals surface area contributed by atoms with Gasteiger partial charge in [-0.2, -0.15) is 0 Å². The first-order valence-electron chi connectivity index (χ1n) is 6.56. The Morgan fingerprint density at radius 1 is 1.25 bits per heavy atom. The summed E-state index contributed by atoms with van der Waals surface area (Å²) in [6, 6.07) is 0.639. The van der Waals surface area contributed by atoms with E-state index in [0.29, 0.717) is 12.0 Å². The van der Waals surface area contributed by atoms with Gasteiger partial charge in [0, 0.05) is 25.8 Å². The van der Waals surface area contributed by atoms with Crippen molar-refractivity contribution in [2.24, 2.45) is 11.8 Å². The molecule has 0 aromatic rings. The standard InChI is InChI=1S/C13H28N2O/c1-11(2)13(15(3)4)10-14-9-12-5-7-16-8-6-12/h11-14H,5-10H2,1-4H3. The summed E-state index contributed by atoms with van der Waals surface area (Å²) in [5.74, 6) is 1.53. The van der Waals surface area contributed by atoms with E-state index in [9.17, 15) is 0 Å². The van der Waals surface area contributed by atoms with Crippen molar-refractivity contribution in [2.75, 3.05) is 40.4 Å². The van der Waals surface area contributed by atoms with Crippen molar-refractivity contribution in [3.63, 3.8) is 0 Å². The average Bonchev–Trinajstić information content (AvgIpc) is 2.24. The molecule has 1 rings (SSSR count). The maximum Gasteiger partial charge on any atom is 0.0469 e. The van der Waals surface area contributed by atoms with Crippen LogP contribution in [0.25, 0.3) is 0 Å². The minimum atomic E-state index is 0.639. The lowest BCUT2D eigenvalue weighted by Gasteiger charge is -2.29. The Bertz CT molecular complexity index is 169. The maximum atomic E-state index is 5.37. The van der Waals surface area contributed by atoms with Gasteiger partial charge in [-0.25, -0.2) is 0 Å². The summed E-state index contributed by atoms with van der Waals surface area (Å²) in [7, 11) is 4.33. The fourth-order valence-corrected chi connectivity index (χ4v) is 2.40. The molecule has 96 valence electrons. The minimum Gasteiger partial charge on any atom is -0.381 e. The Morgan fingerprint density at radius 2 is 1.88 bits per heavy atom. The van der Waals surface area contributed by atoms with E-state index in [0.717, 1.165) is 32.2 Å². The van der Waals surface area contributed by atoms with Crippen LogP contribution in [-0.2, 0) is 4.74 Å². The van der Waals surface area contributed by atoms with E-state index in [1.807, 2.05) is 0 Å². The summed E-state index contributed by atoms with van der Waals surface area (Å²) in [6.45, 7) is 8.74. The fourth-order valence-electron chi connectivity index (χ4n) is 2.40. The first kappa shape index (κ1) is 13.9. The number of ether oxygens (including phenoxy) is 1. The molecule has 1 fully saturated rings. The normalized spacial score (nSPS) is 20.6. The molecule has 0 radical (unpaired) electrons. The molecule has 0 amide bonds. The lowest BCUT2D eigenvalue weighted by molar-refractivity contribution is 0.0655. The second kappa shape index (κ2) is 7.25. The van der Waals surface area contributed by atoms with E-state index in [4.69, 9.17) is 4.74 Å². The Labute approximate surface area is 101 Å². The van der Waals surface area contributed by atoms with Crippen molar-refractivity contribution in [1.29, 1.82) is 0 Å². The Kier molecular flexibility index (Phi) is 6.32. The lowest BCUT2D eigenvalue weighted by Crippen LogP contribution is -2.43. The molecule has 1 aliphatic rings. The third-order valence-electron chi connectivity index (χ3n) is 3.56. The predicted molar refractivity (Wildman–Crippen MR) is 68.7 cm³/mol. The van der Waals surface area contributed by atoms with Gasteiger partial charge in [0.25, 0.3) is 0 Å². The molecule has 0 aromatic heterocycles. The topological polar surface area (TPSA) is 24.5 Å². The Hall–Kier alpha value is -0.120. The highest BCUT2D eigenvalue weighted by molar-refractivity contribution is 4.74. The van der Waals surface area contributed by atoms with Gasteiger partial charge >= 0.3 is 0 Å². The summed E-state index contributed by atoms with van der Waals surface area (Å²) in [6.07, 6.45) is 2.45.